The zero-order valence-corrected chi connectivity index (χ0v) is 16.5. The second kappa shape index (κ2) is 8.35. The van der Waals surface area contributed by atoms with Crippen LogP contribution in [0.2, 0.25) is 5.02 Å². The molecular weight excluding hydrogens is 366 g/mol. The maximum Gasteiger partial charge on any atom is 0.340 e. The molecule has 0 aliphatic carbocycles. The maximum atomic E-state index is 12.5. The van der Waals surface area contributed by atoms with Crippen LogP contribution in [0.5, 0.6) is 0 Å². The Labute approximate surface area is 163 Å². The topological polar surface area (TPSA) is 72.5 Å². The molecule has 0 saturated heterocycles. The number of Topliss-reactive ketones (excluding diaryl/α,β-unsaturated/α-hetero) is 1. The van der Waals surface area contributed by atoms with Gasteiger partial charge in [0, 0.05) is 16.7 Å². The summed E-state index contributed by atoms with van der Waals surface area (Å²) in [5.74, 6) is -1.12. The first-order valence-electron chi connectivity index (χ1n) is 8.51. The van der Waals surface area contributed by atoms with Crippen LogP contribution in [0.4, 0.5) is 5.69 Å². The summed E-state index contributed by atoms with van der Waals surface area (Å²) in [6, 6.07) is 12.9. The number of nitrogens with one attached hydrogen (secondary N) is 1. The van der Waals surface area contributed by atoms with E-state index in [-0.39, 0.29) is 22.3 Å². The number of hydrogen-bond donors (Lipinski definition) is 1. The summed E-state index contributed by atoms with van der Waals surface area (Å²) in [6.45, 7) is 6.95. The van der Waals surface area contributed by atoms with Crippen molar-refractivity contribution in [2.24, 2.45) is 5.41 Å². The Balaban J connectivity index is 2.03. The first kappa shape index (κ1) is 20.6. The molecule has 0 aliphatic heterocycles. The van der Waals surface area contributed by atoms with Gasteiger partial charge in [0.1, 0.15) is 0 Å². The fourth-order valence-electron chi connectivity index (χ4n) is 2.18. The predicted molar refractivity (Wildman–Crippen MR) is 105 cm³/mol. The molecule has 27 heavy (non-hydrogen) atoms. The molecule has 1 amide bonds. The van der Waals surface area contributed by atoms with Crippen molar-refractivity contribution in [3.05, 3.63) is 64.7 Å². The lowest BCUT2D eigenvalue weighted by Gasteiger charge is -2.18. The molecule has 1 N–H and O–H groups in total. The largest absolute Gasteiger partial charge is 0.451 e. The van der Waals surface area contributed by atoms with Crippen LogP contribution in [0.1, 0.15) is 48.4 Å². The highest BCUT2D eigenvalue weighted by atomic mass is 35.5. The average Bonchev–Trinajstić information content (AvgIpc) is 2.61. The number of esters is 1. The number of hydrogen-bond acceptors (Lipinski definition) is 4. The summed E-state index contributed by atoms with van der Waals surface area (Å²) < 4.78 is 5.23. The molecule has 1 atom stereocenters. The van der Waals surface area contributed by atoms with Gasteiger partial charge in [0.05, 0.1) is 10.6 Å². The van der Waals surface area contributed by atoms with Gasteiger partial charge >= 0.3 is 5.97 Å². The zero-order valence-electron chi connectivity index (χ0n) is 15.7. The van der Waals surface area contributed by atoms with Crippen LogP contribution in [-0.4, -0.2) is 23.8 Å². The Bertz CT molecular complexity index is 853. The van der Waals surface area contributed by atoms with Crippen molar-refractivity contribution in [2.45, 2.75) is 33.8 Å². The Hall–Kier alpha value is -2.66. The third-order valence-corrected chi connectivity index (χ3v) is 4.18. The van der Waals surface area contributed by atoms with E-state index in [1.165, 1.54) is 13.0 Å². The minimum Gasteiger partial charge on any atom is -0.451 e. The van der Waals surface area contributed by atoms with Gasteiger partial charge in [0.25, 0.3) is 0 Å². The number of amides is 1. The SMILES string of the molecule is C[C@@H](OC(=O)c1ccccc1Cl)C(=O)c1ccc(NC(=O)C(C)(C)C)cc1. The number of ether oxygens (including phenoxy) is 1. The minimum absolute atomic E-state index is 0.122. The molecule has 0 aliphatic rings. The van der Waals surface area contributed by atoms with Gasteiger partial charge in [-0.1, -0.05) is 44.5 Å². The molecule has 0 radical (unpaired) electrons. The zero-order chi connectivity index (χ0) is 20.2. The van der Waals surface area contributed by atoms with Crippen molar-refractivity contribution < 1.29 is 19.1 Å². The van der Waals surface area contributed by atoms with Gasteiger partial charge in [0.2, 0.25) is 11.7 Å². The van der Waals surface area contributed by atoms with Crippen molar-refractivity contribution in [1.29, 1.82) is 0 Å². The molecule has 0 fully saturated rings. The summed E-state index contributed by atoms with van der Waals surface area (Å²) in [4.78, 5) is 36.7. The van der Waals surface area contributed by atoms with Gasteiger partial charge in [-0.05, 0) is 43.3 Å². The number of carbonyl (C=O) groups is 3. The fraction of sp³-hybridized carbons (Fsp3) is 0.286. The normalized spacial score (nSPS) is 12.2. The maximum absolute atomic E-state index is 12.5. The van der Waals surface area contributed by atoms with Crippen LogP contribution < -0.4 is 5.32 Å². The second-order valence-electron chi connectivity index (χ2n) is 7.17. The van der Waals surface area contributed by atoms with Crippen molar-refractivity contribution >= 4 is 34.9 Å². The van der Waals surface area contributed by atoms with E-state index in [0.717, 1.165) is 0 Å². The molecule has 2 rings (SSSR count). The molecule has 0 bridgehead atoms. The third-order valence-electron chi connectivity index (χ3n) is 3.86. The summed E-state index contributed by atoms with van der Waals surface area (Å²) in [6.07, 6.45) is -0.969. The minimum atomic E-state index is -0.969. The van der Waals surface area contributed by atoms with Crippen molar-refractivity contribution in [3.63, 3.8) is 0 Å². The van der Waals surface area contributed by atoms with E-state index in [0.29, 0.717) is 11.3 Å². The highest BCUT2D eigenvalue weighted by molar-refractivity contribution is 6.33. The van der Waals surface area contributed by atoms with E-state index in [2.05, 4.69) is 5.32 Å². The standard InChI is InChI=1S/C21H22ClNO4/c1-13(27-19(25)16-7-5-6-8-17(16)22)18(24)14-9-11-15(12-10-14)23-20(26)21(2,3)4/h5-13H,1-4H3,(H,23,26)/t13-/m1/s1. The van der Waals surface area contributed by atoms with Crippen LogP contribution in [-0.2, 0) is 9.53 Å². The van der Waals surface area contributed by atoms with E-state index in [4.69, 9.17) is 16.3 Å². The molecule has 0 heterocycles. The Morgan fingerprint density at radius 2 is 1.59 bits per heavy atom. The smallest absolute Gasteiger partial charge is 0.340 e. The number of benzene rings is 2. The molecule has 0 spiro atoms. The van der Waals surface area contributed by atoms with Gasteiger partial charge in [0.15, 0.2) is 6.10 Å². The third kappa shape index (κ3) is 5.41. The monoisotopic (exact) mass is 387 g/mol. The van der Waals surface area contributed by atoms with Crippen LogP contribution in [0, 0.1) is 5.41 Å². The molecule has 0 aromatic heterocycles. The highest BCUT2D eigenvalue weighted by Crippen LogP contribution is 2.20. The first-order valence-corrected chi connectivity index (χ1v) is 8.88. The molecule has 0 saturated carbocycles. The highest BCUT2D eigenvalue weighted by Gasteiger charge is 2.23. The lowest BCUT2D eigenvalue weighted by molar-refractivity contribution is -0.123. The molecule has 0 unspecified atom stereocenters. The van der Waals surface area contributed by atoms with Gasteiger partial charge in [-0.3, -0.25) is 9.59 Å². The van der Waals surface area contributed by atoms with Crippen molar-refractivity contribution in [1.82, 2.24) is 0 Å². The lowest BCUT2D eigenvalue weighted by Crippen LogP contribution is -2.27. The van der Waals surface area contributed by atoms with Crippen molar-refractivity contribution in [3.8, 4) is 0 Å². The van der Waals surface area contributed by atoms with Gasteiger partial charge in [-0.25, -0.2) is 4.79 Å². The van der Waals surface area contributed by atoms with Crippen LogP contribution in [0.15, 0.2) is 48.5 Å². The van der Waals surface area contributed by atoms with Gasteiger partial charge in [-0.2, -0.15) is 0 Å². The number of halogens is 1. The number of anilines is 1. The van der Waals surface area contributed by atoms with E-state index in [9.17, 15) is 14.4 Å². The molecule has 6 heteroatoms. The van der Waals surface area contributed by atoms with Crippen LogP contribution >= 0.6 is 11.6 Å². The molecule has 5 nitrogen and oxygen atoms in total. The van der Waals surface area contributed by atoms with Crippen molar-refractivity contribution in [2.75, 3.05) is 5.32 Å². The Morgan fingerprint density at radius 3 is 2.15 bits per heavy atom. The van der Waals surface area contributed by atoms with Gasteiger partial charge < -0.3 is 10.1 Å². The quantitative estimate of drug-likeness (QED) is 0.593. The Kier molecular flexibility index (Phi) is 6.39. The molecular formula is C21H22ClNO4. The molecule has 2 aromatic rings. The molecule has 142 valence electrons. The van der Waals surface area contributed by atoms with Gasteiger partial charge in [-0.15, -0.1) is 0 Å². The van der Waals surface area contributed by atoms with Crippen LogP contribution in [0.3, 0.4) is 0 Å². The predicted octanol–water partition coefficient (Wildman–Crippen LogP) is 4.75. The van der Waals surface area contributed by atoms with E-state index in [1.807, 2.05) is 20.8 Å². The Morgan fingerprint density at radius 1 is 1.00 bits per heavy atom. The fourth-order valence-corrected chi connectivity index (χ4v) is 2.39. The summed E-state index contributed by atoms with van der Waals surface area (Å²) in [5, 5.41) is 3.05. The lowest BCUT2D eigenvalue weighted by atomic mass is 9.95. The average molecular weight is 388 g/mol. The first-order chi connectivity index (χ1) is 12.6. The second-order valence-corrected chi connectivity index (χ2v) is 7.58. The summed E-state index contributed by atoms with van der Waals surface area (Å²) in [5.41, 5.74) is 0.657. The molecule has 2 aromatic carbocycles. The van der Waals surface area contributed by atoms with E-state index in [1.54, 1.807) is 42.5 Å². The number of rotatable bonds is 5. The van der Waals surface area contributed by atoms with Crippen LogP contribution in [0.25, 0.3) is 0 Å². The number of carbonyl (C=O) groups excluding carboxylic acids is 3. The summed E-state index contributed by atoms with van der Waals surface area (Å²) >= 11 is 5.97. The van der Waals surface area contributed by atoms with E-state index < -0.39 is 17.5 Å². The van der Waals surface area contributed by atoms with E-state index >= 15 is 0 Å². The number of ketones is 1. The summed E-state index contributed by atoms with van der Waals surface area (Å²) in [7, 11) is 0.